The maximum Gasteiger partial charge on any atom is 0.252 e. The summed E-state index contributed by atoms with van der Waals surface area (Å²) in [5.74, 6) is 0.570. The second kappa shape index (κ2) is 5.69. The van der Waals surface area contributed by atoms with Gasteiger partial charge in [0.15, 0.2) is 0 Å². The van der Waals surface area contributed by atoms with Crippen LogP contribution in [0.5, 0.6) is 0 Å². The van der Waals surface area contributed by atoms with E-state index >= 15 is 0 Å². The van der Waals surface area contributed by atoms with Crippen LogP contribution < -0.4 is 0 Å². The molecule has 3 rings (SSSR count). The minimum absolute atomic E-state index is 0.163. The van der Waals surface area contributed by atoms with Crippen LogP contribution in [0, 0.1) is 0 Å². The molecule has 0 aliphatic heterocycles. The highest BCUT2D eigenvalue weighted by atomic mass is 35.5. The molecule has 0 unspecified atom stereocenters. The largest absolute Gasteiger partial charge is 0.324 e. The lowest BCUT2D eigenvalue weighted by Gasteiger charge is -2.16. The van der Waals surface area contributed by atoms with Crippen LogP contribution in [0.15, 0.2) is 24.3 Å². The molecule has 0 saturated carbocycles. The number of alkyl halides is 1. The van der Waals surface area contributed by atoms with Crippen molar-refractivity contribution in [1.29, 1.82) is 0 Å². The summed E-state index contributed by atoms with van der Waals surface area (Å²) >= 11 is 5.79. The van der Waals surface area contributed by atoms with E-state index < -0.39 is 11.6 Å². The first-order valence-corrected chi connectivity index (χ1v) is 7.94. The minimum atomic E-state index is -0.470. The Balaban J connectivity index is 2.27. The highest BCUT2D eigenvalue weighted by molar-refractivity contribution is 6.52. The fraction of sp³-hybridized carbons (Fsp3) is 0.353. The molecule has 114 valence electrons. The molecule has 22 heavy (non-hydrogen) atoms. The summed E-state index contributed by atoms with van der Waals surface area (Å²) < 4.78 is 1.87. The Hall–Kier alpha value is -1.94. The molecule has 2 aromatic rings. The molecule has 1 aliphatic carbocycles. The molecule has 1 aliphatic rings. The number of aromatic nitrogens is 2. The molecule has 0 atom stereocenters. The zero-order chi connectivity index (χ0) is 15.9. The van der Waals surface area contributed by atoms with Crippen LogP contribution in [-0.4, -0.2) is 27.0 Å². The maximum atomic E-state index is 12.6. The quantitative estimate of drug-likeness (QED) is 0.638. The van der Waals surface area contributed by atoms with Gasteiger partial charge in [0.1, 0.15) is 17.2 Å². The third kappa shape index (κ3) is 2.18. The molecule has 0 bridgehead atoms. The van der Waals surface area contributed by atoms with Gasteiger partial charge >= 0.3 is 0 Å². The van der Waals surface area contributed by atoms with Crippen molar-refractivity contribution in [2.24, 2.45) is 0 Å². The molecule has 0 spiro atoms. The van der Waals surface area contributed by atoms with E-state index in [1.807, 2.05) is 30.5 Å². The smallest absolute Gasteiger partial charge is 0.252 e. The minimum Gasteiger partial charge on any atom is -0.324 e. The Labute approximate surface area is 134 Å². The maximum absolute atomic E-state index is 12.6. The van der Waals surface area contributed by atoms with Gasteiger partial charge in [0.05, 0.1) is 0 Å². The average molecular weight is 317 g/mol. The number of carbonyl (C=O) groups is 2. The number of halogens is 1. The standard InChI is InChI=1S/C17H17ClN2O2/c1-10(2)17-19-13-11-6-3-4-7-12(11)15(21)16(22)14(13)20(17)9-5-8-18/h3-4,6-7,10H,5,8-9H2,1-2H3. The summed E-state index contributed by atoms with van der Waals surface area (Å²) in [4.78, 5) is 29.6. The van der Waals surface area contributed by atoms with Crippen molar-refractivity contribution < 1.29 is 9.59 Å². The van der Waals surface area contributed by atoms with E-state index in [0.717, 1.165) is 17.8 Å². The first-order valence-electron chi connectivity index (χ1n) is 7.41. The van der Waals surface area contributed by atoms with E-state index in [9.17, 15) is 9.59 Å². The number of nitrogens with zero attached hydrogens (tertiary/aromatic N) is 2. The predicted molar refractivity (Wildman–Crippen MR) is 85.8 cm³/mol. The van der Waals surface area contributed by atoms with E-state index in [0.29, 0.717) is 29.4 Å². The van der Waals surface area contributed by atoms with Gasteiger partial charge in [-0.2, -0.15) is 0 Å². The zero-order valence-electron chi connectivity index (χ0n) is 12.6. The molecule has 0 fully saturated rings. The Kier molecular flexibility index (Phi) is 3.87. The lowest BCUT2D eigenvalue weighted by molar-refractivity contribution is 0.0809. The Morgan fingerprint density at radius 1 is 1.14 bits per heavy atom. The van der Waals surface area contributed by atoms with Crippen LogP contribution in [0.1, 0.15) is 52.9 Å². The van der Waals surface area contributed by atoms with Gasteiger partial charge < -0.3 is 4.57 Å². The van der Waals surface area contributed by atoms with Gasteiger partial charge in [-0.15, -0.1) is 11.6 Å². The van der Waals surface area contributed by atoms with Gasteiger partial charge in [0, 0.05) is 29.5 Å². The molecule has 5 heteroatoms. The third-order valence-corrected chi connectivity index (χ3v) is 4.14. The molecule has 0 saturated heterocycles. The van der Waals surface area contributed by atoms with E-state index in [1.54, 1.807) is 12.1 Å². The van der Waals surface area contributed by atoms with Gasteiger partial charge in [0.25, 0.3) is 5.78 Å². The normalized spacial score (nSPS) is 13.5. The highest BCUT2D eigenvalue weighted by Crippen LogP contribution is 2.35. The summed E-state index contributed by atoms with van der Waals surface area (Å²) in [6, 6.07) is 7.16. The summed E-state index contributed by atoms with van der Waals surface area (Å²) in [7, 11) is 0. The number of Topliss-reactive ketones (excluding diaryl/α,β-unsaturated/α-hetero) is 2. The van der Waals surface area contributed by atoms with Gasteiger partial charge in [-0.05, 0) is 6.42 Å². The van der Waals surface area contributed by atoms with Crippen molar-refractivity contribution in [2.45, 2.75) is 32.7 Å². The number of benzene rings is 1. The first-order chi connectivity index (χ1) is 10.6. The lowest BCUT2D eigenvalue weighted by Crippen LogP contribution is -2.24. The van der Waals surface area contributed by atoms with Crippen molar-refractivity contribution >= 4 is 23.2 Å². The summed E-state index contributed by atoms with van der Waals surface area (Å²) in [5.41, 5.74) is 2.22. The predicted octanol–water partition coefficient (Wildman–Crippen LogP) is 3.68. The van der Waals surface area contributed by atoms with Crippen LogP contribution >= 0.6 is 11.6 Å². The third-order valence-electron chi connectivity index (χ3n) is 3.88. The SMILES string of the molecule is CC(C)c1nc2c(n1CCCCl)C(=O)C(=O)c1ccccc1-2. The van der Waals surface area contributed by atoms with Gasteiger partial charge in [-0.3, -0.25) is 9.59 Å². The number of imidazole rings is 1. The van der Waals surface area contributed by atoms with Crippen molar-refractivity contribution in [1.82, 2.24) is 9.55 Å². The number of hydrogen-bond acceptors (Lipinski definition) is 3. The van der Waals surface area contributed by atoms with Crippen LogP contribution in [0.4, 0.5) is 0 Å². The highest BCUT2D eigenvalue weighted by Gasteiger charge is 2.36. The monoisotopic (exact) mass is 316 g/mol. The van der Waals surface area contributed by atoms with Crippen LogP contribution in [-0.2, 0) is 6.54 Å². The van der Waals surface area contributed by atoms with E-state index in [-0.39, 0.29) is 5.92 Å². The van der Waals surface area contributed by atoms with Gasteiger partial charge in [0.2, 0.25) is 5.78 Å². The van der Waals surface area contributed by atoms with Crippen molar-refractivity contribution in [3.63, 3.8) is 0 Å². The number of carbonyl (C=O) groups excluding carboxylic acids is 2. The molecule has 1 aromatic carbocycles. The number of rotatable bonds is 4. The van der Waals surface area contributed by atoms with E-state index in [1.165, 1.54) is 0 Å². The molecular formula is C17H17ClN2O2. The molecule has 0 N–H and O–H groups in total. The Morgan fingerprint density at radius 3 is 2.45 bits per heavy atom. The van der Waals surface area contributed by atoms with Crippen LogP contribution in [0.2, 0.25) is 0 Å². The van der Waals surface area contributed by atoms with Crippen molar-refractivity contribution in [3.8, 4) is 11.3 Å². The molecular weight excluding hydrogens is 300 g/mol. The summed E-state index contributed by atoms with van der Waals surface area (Å²) in [6.07, 6.45) is 0.729. The van der Waals surface area contributed by atoms with Crippen LogP contribution in [0.3, 0.4) is 0 Å². The summed E-state index contributed by atoms with van der Waals surface area (Å²) in [6.45, 7) is 4.66. The van der Waals surface area contributed by atoms with E-state index in [2.05, 4.69) is 4.98 Å². The molecule has 0 radical (unpaired) electrons. The second-order valence-corrected chi connectivity index (χ2v) is 6.10. The van der Waals surface area contributed by atoms with E-state index in [4.69, 9.17) is 11.6 Å². The van der Waals surface area contributed by atoms with Crippen molar-refractivity contribution in [2.75, 3.05) is 5.88 Å². The Bertz CT molecular complexity index is 762. The van der Waals surface area contributed by atoms with Gasteiger partial charge in [-0.25, -0.2) is 4.98 Å². The summed E-state index contributed by atoms with van der Waals surface area (Å²) in [5, 5.41) is 0. The van der Waals surface area contributed by atoms with Crippen LogP contribution in [0.25, 0.3) is 11.3 Å². The number of hydrogen-bond donors (Lipinski definition) is 0. The topological polar surface area (TPSA) is 52.0 Å². The second-order valence-electron chi connectivity index (χ2n) is 5.72. The zero-order valence-corrected chi connectivity index (χ0v) is 13.4. The fourth-order valence-corrected chi connectivity index (χ4v) is 3.01. The van der Waals surface area contributed by atoms with Gasteiger partial charge in [-0.1, -0.05) is 38.1 Å². The van der Waals surface area contributed by atoms with Crippen molar-refractivity contribution in [3.05, 3.63) is 41.3 Å². The fourth-order valence-electron chi connectivity index (χ4n) is 2.89. The number of fused-ring (bicyclic) bond motifs is 3. The molecule has 1 aromatic heterocycles. The first kappa shape index (κ1) is 15.0. The molecule has 0 amide bonds. The lowest BCUT2D eigenvalue weighted by atomic mass is 9.90. The number of ketones is 2. The molecule has 4 nitrogen and oxygen atoms in total. The average Bonchev–Trinajstić information content (AvgIpc) is 2.90. The molecule has 1 heterocycles. The Morgan fingerprint density at radius 2 is 1.82 bits per heavy atom.